The first-order valence-corrected chi connectivity index (χ1v) is 7.70. The van der Waals surface area contributed by atoms with E-state index in [1.54, 1.807) is 29.2 Å². The van der Waals surface area contributed by atoms with Crippen LogP contribution in [0.25, 0.3) is 0 Å². The second-order valence-electron chi connectivity index (χ2n) is 5.78. The van der Waals surface area contributed by atoms with E-state index in [4.69, 9.17) is 0 Å². The second-order valence-corrected chi connectivity index (χ2v) is 5.78. The van der Waals surface area contributed by atoms with Crippen LogP contribution in [-0.4, -0.2) is 33.9 Å². The Balaban J connectivity index is 1.70. The summed E-state index contributed by atoms with van der Waals surface area (Å²) in [4.78, 5) is 31.9. The molecule has 1 aliphatic heterocycles. The fraction of sp³-hybridized carbons (Fsp3) is 0.353. The number of carbonyl (C=O) groups is 1. The molecule has 1 aromatic heterocycles. The molecular formula is C17H18FN3O2. The summed E-state index contributed by atoms with van der Waals surface area (Å²) in [6.45, 7) is 1.20. The van der Waals surface area contributed by atoms with Gasteiger partial charge in [-0.1, -0.05) is 18.2 Å². The number of hydrogen-bond donors (Lipinski definition) is 1. The van der Waals surface area contributed by atoms with Crippen LogP contribution in [0.4, 0.5) is 4.39 Å². The average molecular weight is 315 g/mol. The molecule has 2 heterocycles. The van der Waals surface area contributed by atoms with Gasteiger partial charge in [-0.25, -0.2) is 14.2 Å². The summed E-state index contributed by atoms with van der Waals surface area (Å²) >= 11 is 0. The molecular weight excluding hydrogens is 297 g/mol. The predicted molar refractivity (Wildman–Crippen MR) is 83.5 cm³/mol. The maximum Gasteiger partial charge on any atom is 0.345 e. The van der Waals surface area contributed by atoms with Crippen molar-refractivity contribution in [3.8, 4) is 0 Å². The molecule has 0 spiro atoms. The molecule has 0 saturated carbocycles. The zero-order valence-electron chi connectivity index (χ0n) is 12.7. The Bertz CT molecular complexity index is 759. The van der Waals surface area contributed by atoms with Gasteiger partial charge >= 0.3 is 5.69 Å². The number of H-pyrrole nitrogens is 1. The highest BCUT2D eigenvalue weighted by Crippen LogP contribution is 2.25. The van der Waals surface area contributed by atoms with Crippen molar-refractivity contribution in [1.82, 2.24) is 14.9 Å². The van der Waals surface area contributed by atoms with Crippen molar-refractivity contribution >= 4 is 5.91 Å². The summed E-state index contributed by atoms with van der Waals surface area (Å²) in [5.41, 5.74) is 0.836. The van der Waals surface area contributed by atoms with Crippen LogP contribution in [0.2, 0.25) is 0 Å². The highest BCUT2D eigenvalue weighted by atomic mass is 19.1. The lowest BCUT2D eigenvalue weighted by molar-refractivity contribution is -0.131. The Labute approximate surface area is 133 Å². The monoisotopic (exact) mass is 315 g/mol. The average Bonchev–Trinajstić information content (AvgIpc) is 2.57. The molecule has 1 aromatic carbocycles. The number of rotatable bonds is 3. The third kappa shape index (κ3) is 3.64. The van der Waals surface area contributed by atoms with Crippen LogP contribution >= 0.6 is 0 Å². The number of benzene rings is 1. The summed E-state index contributed by atoms with van der Waals surface area (Å²) in [6.07, 6.45) is 3.31. The number of likely N-dealkylation sites (tertiary alicyclic amines) is 1. The van der Waals surface area contributed by atoms with Crippen molar-refractivity contribution in [3.63, 3.8) is 0 Å². The number of amides is 1. The quantitative estimate of drug-likeness (QED) is 0.940. The smallest absolute Gasteiger partial charge is 0.342 e. The van der Waals surface area contributed by atoms with Gasteiger partial charge in [0, 0.05) is 30.9 Å². The molecule has 120 valence electrons. The third-order valence-corrected chi connectivity index (χ3v) is 4.21. The molecule has 0 aliphatic carbocycles. The standard InChI is InChI=1S/C17H18FN3O2/c18-14-6-2-1-4-12(14)10-16(22)21-9-3-5-13(11-21)15-7-8-19-17(23)20-15/h1-2,4,6-8,13H,3,5,9-11H2,(H,19,20,23). The number of piperidine rings is 1. The molecule has 2 aromatic rings. The van der Waals surface area contributed by atoms with Gasteiger partial charge in [0.05, 0.1) is 6.42 Å². The van der Waals surface area contributed by atoms with E-state index in [0.29, 0.717) is 18.7 Å². The van der Waals surface area contributed by atoms with Gasteiger partial charge in [-0.05, 0) is 30.5 Å². The van der Waals surface area contributed by atoms with E-state index in [2.05, 4.69) is 9.97 Å². The van der Waals surface area contributed by atoms with Crippen molar-refractivity contribution in [3.05, 3.63) is 64.1 Å². The number of carbonyl (C=O) groups excluding carboxylic acids is 1. The Morgan fingerprint density at radius 2 is 2.17 bits per heavy atom. The summed E-state index contributed by atoms with van der Waals surface area (Å²) in [5, 5.41) is 0. The van der Waals surface area contributed by atoms with E-state index in [1.165, 1.54) is 12.3 Å². The van der Waals surface area contributed by atoms with E-state index in [1.807, 2.05) is 0 Å². The highest BCUT2D eigenvalue weighted by molar-refractivity contribution is 5.79. The summed E-state index contributed by atoms with van der Waals surface area (Å²) in [5.74, 6) is -0.354. The van der Waals surface area contributed by atoms with Gasteiger partial charge in [0.25, 0.3) is 0 Å². The zero-order chi connectivity index (χ0) is 16.2. The van der Waals surface area contributed by atoms with Crippen molar-refractivity contribution in [2.45, 2.75) is 25.2 Å². The molecule has 1 unspecified atom stereocenters. The van der Waals surface area contributed by atoms with E-state index < -0.39 is 0 Å². The van der Waals surface area contributed by atoms with E-state index in [9.17, 15) is 14.0 Å². The molecule has 1 N–H and O–H groups in total. The molecule has 1 fully saturated rings. The first-order chi connectivity index (χ1) is 11.1. The molecule has 1 atom stereocenters. The van der Waals surface area contributed by atoms with Crippen LogP contribution in [0.15, 0.2) is 41.3 Å². The van der Waals surface area contributed by atoms with Gasteiger partial charge in [-0.3, -0.25) is 4.79 Å². The molecule has 0 bridgehead atoms. The predicted octanol–water partition coefficient (Wildman–Crippen LogP) is 1.86. The van der Waals surface area contributed by atoms with Gasteiger partial charge in [0.1, 0.15) is 5.82 Å². The number of nitrogens with zero attached hydrogens (tertiary/aromatic N) is 2. The van der Waals surface area contributed by atoms with Crippen molar-refractivity contribution < 1.29 is 9.18 Å². The topological polar surface area (TPSA) is 66.1 Å². The minimum atomic E-state index is -0.377. The van der Waals surface area contributed by atoms with Crippen LogP contribution in [0.1, 0.15) is 30.0 Å². The molecule has 3 rings (SSSR count). The molecule has 6 heteroatoms. The number of hydrogen-bond acceptors (Lipinski definition) is 3. The zero-order valence-corrected chi connectivity index (χ0v) is 12.7. The lowest BCUT2D eigenvalue weighted by atomic mass is 9.94. The number of halogens is 1. The maximum absolute atomic E-state index is 13.7. The molecule has 1 saturated heterocycles. The normalized spacial score (nSPS) is 18.0. The van der Waals surface area contributed by atoms with Gasteiger partial charge in [-0.2, -0.15) is 0 Å². The SMILES string of the molecule is O=C(Cc1ccccc1F)N1CCCC(c2ccnc(=O)[nH]2)C1. The van der Waals surface area contributed by atoms with Gasteiger partial charge < -0.3 is 9.88 Å². The van der Waals surface area contributed by atoms with E-state index >= 15 is 0 Å². The lowest BCUT2D eigenvalue weighted by Gasteiger charge is -2.32. The van der Waals surface area contributed by atoms with E-state index in [0.717, 1.165) is 18.5 Å². The molecule has 0 radical (unpaired) electrons. The van der Waals surface area contributed by atoms with Crippen LogP contribution in [0.5, 0.6) is 0 Å². The fourth-order valence-electron chi connectivity index (χ4n) is 2.99. The summed E-state index contributed by atoms with van der Waals surface area (Å²) < 4.78 is 13.7. The second kappa shape index (κ2) is 6.73. The minimum absolute atomic E-state index is 0.0618. The van der Waals surface area contributed by atoms with Crippen LogP contribution in [0.3, 0.4) is 0 Å². The van der Waals surface area contributed by atoms with Crippen LogP contribution in [-0.2, 0) is 11.2 Å². The Hall–Kier alpha value is -2.50. The molecule has 1 amide bonds. The van der Waals surface area contributed by atoms with E-state index in [-0.39, 0.29) is 29.8 Å². The molecule has 5 nitrogen and oxygen atoms in total. The highest BCUT2D eigenvalue weighted by Gasteiger charge is 2.25. The van der Waals surface area contributed by atoms with Crippen LogP contribution < -0.4 is 5.69 Å². The van der Waals surface area contributed by atoms with Crippen molar-refractivity contribution in [2.24, 2.45) is 0 Å². The van der Waals surface area contributed by atoms with Crippen LogP contribution in [0, 0.1) is 5.82 Å². The molecule has 1 aliphatic rings. The molecule has 23 heavy (non-hydrogen) atoms. The van der Waals surface area contributed by atoms with Gasteiger partial charge in [-0.15, -0.1) is 0 Å². The first-order valence-electron chi connectivity index (χ1n) is 7.70. The largest absolute Gasteiger partial charge is 0.345 e. The maximum atomic E-state index is 13.7. The Morgan fingerprint density at radius 3 is 2.96 bits per heavy atom. The van der Waals surface area contributed by atoms with Crippen molar-refractivity contribution in [1.29, 1.82) is 0 Å². The number of aromatic nitrogens is 2. The van der Waals surface area contributed by atoms with Gasteiger partial charge in [0.15, 0.2) is 0 Å². The van der Waals surface area contributed by atoms with Gasteiger partial charge in [0.2, 0.25) is 5.91 Å². The number of nitrogens with one attached hydrogen (secondary N) is 1. The lowest BCUT2D eigenvalue weighted by Crippen LogP contribution is -2.40. The Morgan fingerprint density at radius 1 is 1.35 bits per heavy atom. The summed E-state index contributed by atoms with van der Waals surface area (Å²) in [7, 11) is 0. The third-order valence-electron chi connectivity index (χ3n) is 4.21. The first kappa shape index (κ1) is 15.4. The Kier molecular flexibility index (Phi) is 4.50. The summed E-state index contributed by atoms with van der Waals surface area (Å²) in [6, 6.07) is 8.11. The number of aromatic amines is 1. The minimum Gasteiger partial charge on any atom is -0.342 e. The fourth-order valence-corrected chi connectivity index (χ4v) is 2.99. The van der Waals surface area contributed by atoms with Crippen molar-refractivity contribution in [2.75, 3.05) is 13.1 Å².